The molecule has 0 saturated carbocycles. The van der Waals surface area contributed by atoms with Gasteiger partial charge in [-0.1, -0.05) is 23.7 Å². The normalized spacial score (nSPS) is 10.9. The number of nitrogens with zero attached hydrogens (tertiary/aromatic N) is 2. The van der Waals surface area contributed by atoms with E-state index in [1.165, 1.54) is 0 Å². The van der Waals surface area contributed by atoms with Gasteiger partial charge in [0.05, 0.1) is 31.1 Å². The Hall–Kier alpha value is -3.44. The molecule has 1 heterocycles. The van der Waals surface area contributed by atoms with E-state index in [4.69, 9.17) is 21.1 Å². The summed E-state index contributed by atoms with van der Waals surface area (Å²) in [6.45, 7) is 0. The van der Waals surface area contributed by atoms with Crippen molar-refractivity contribution in [2.45, 2.75) is 0 Å². The fourth-order valence-electron chi connectivity index (χ4n) is 3.68. The van der Waals surface area contributed by atoms with Crippen LogP contribution in [0.2, 0.25) is 5.02 Å². The van der Waals surface area contributed by atoms with Crippen LogP contribution in [0.4, 0.5) is 5.69 Å². The lowest BCUT2D eigenvalue weighted by Crippen LogP contribution is -2.11. The lowest BCUT2D eigenvalue weighted by Gasteiger charge is -2.20. The Balaban J connectivity index is 2.05. The zero-order valence-electron chi connectivity index (χ0n) is 17.8. The molecule has 158 valence electrons. The van der Waals surface area contributed by atoms with Crippen molar-refractivity contribution >= 4 is 28.2 Å². The van der Waals surface area contributed by atoms with Crippen molar-refractivity contribution in [2.75, 3.05) is 33.2 Å². The van der Waals surface area contributed by atoms with Gasteiger partial charge in [0.1, 0.15) is 0 Å². The van der Waals surface area contributed by atoms with E-state index < -0.39 is 0 Å². The Morgan fingerprint density at radius 3 is 2.19 bits per heavy atom. The lowest BCUT2D eigenvalue weighted by molar-refractivity contribution is 0.355. The topological polar surface area (TPSA) is 43.7 Å². The Morgan fingerprint density at radius 1 is 0.839 bits per heavy atom. The van der Waals surface area contributed by atoms with E-state index in [1.807, 2.05) is 72.1 Å². The molecule has 0 spiro atoms. The van der Waals surface area contributed by atoms with Gasteiger partial charge < -0.3 is 18.9 Å². The van der Waals surface area contributed by atoms with Gasteiger partial charge in [0, 0.05) is 42.3 Å². The summed E-state index contributed by atoms with van der Waals surface area (Å²) >= 11 is 6.19. The molecule has 4 rings (SSSR count). The van der Waals surface area contributed by atoms with Crippen LogP contribution in [0.25, 0.3) is 27.8 Å². The average Bonchev–Trinajstić information content (AvgIpc) is 2.79. The standard InChI is InChI=1S/C25H23ClN2O3/c1-27(2)18-8-5-16(6-9-18)22-15-23(29)20-13-17(26)7-11-21(20)28(22)19-10-12-24(30-3)25(14-19)31-4/h5-15H,1-4H3. The number of halogens is 1. The average molecular weight is 435 g/mol. The van der Waals surface area contributed by atoms with Crippen LogP contribution < -0.4 is 19.8 Å². The van der Waals surface area contributed by atoms with Crippen molar-refractivity contribution in [3.63, 3.8) is 0 Å². The monoisotopic (exact) mass is 434 g/mol. The van der Waals surface area contributed by atoms with E-state index in [0.29, 0.717) is 21.9 Å². The second-order valence-corrected chi connectivity index (χ2v) is 7.81. The summed E-state index contributed by atoms with van der Waals surface area (Å²) in [5, 5.41) is 1.07. The number of benzene rings is 3. The van der Waals surface area contributed by atoms with Gasteiger partial charge in [-0.25, -0.2) is 0 Å². The van der Waals surface area contributed by atoms with Crippen LogP contribution in [-0.2, 0) is 0 Å². The molecule has 0 aliphatic heterocycles. The molecule has 5 nitrogen and oxygen atoms in total. The van der Waals surface area contributed by atoms with Crippen molar-refractivity contribution in [1.29, 1.82) is 0 Å². The molecule has 0 amide bonds. The minimum atomic E-state index is -0.0825. The molecular formula is C25H23ClN2O3. The summed E-state index contributed by atoms with van der Waals surface area (Å²) < 4.78 is 12.9. The summed E-state index contributed by atoms with van der Waals surface area (Å²) in [6.07, 6.45) is 0. The van der Waals surface area contributed by atoms with Crippen LogP contribution in [0.1, 0.15) is 0 Å². The zero-order valence-corrected chi connectivity index (χ0v) is 18.6. The van der Waals surface area contributed by atoms with Gasteiger partial charge in [-0.2, -0.15) is 0 Å². The highest BCUT2D eigenvalue weighted by atomic mass is 35.5. The predicted molar refractivity (Wildman–Crippen MR) is 127 cm³/mol. The van der Waals surface area contributed by atoms with Crippen molar-refractivity contribution in [2.24, 2.45) is 0 Å². The molecule has 31 heavy (non-hydrogen) atoms. The van der Waals surface area contributed by atoms with Crippen LogP contribution in [0.15, 0.2) is 71.5 Å². The minimum Gasteiger partial charge on any atom is -0.493 e. The first-order valence-electron chi connectivity index (χ1n) is 9.78. The molecule has 0 aliphatic rings. The lowest BCUT2D eigenvalue weighted by atomic mass is 10.1. The molecule has 0 N–H and O–H groups in total. The van der Waals surface area contributed by atoms with Crippen LogP contribution in [0.3, 0.4) is 0 Å². The molecule has 0 radical (unpaired) electrons. The van der Waals surface area contributed by atoms with Crippen molar-refractivity contribution in [3.05, 3.63) is 82.0 Å². The highest BCUT2D eigenvalue weighted by Crippen LogP contribution is 2.34. The van der Waals surface area contributed by atoms with E-state index in [1.54, 1.807) is 32.4 Å². The van der Waals surface area contributed by atoms with Gasteiger partial charge in [-0.15, -0.1) is 0 Å². The number of hydrogen-bond donors (Lipinski definition) is 0. The van der Waals surface area contributed by atoms with Gasteiger partial charge in [0.2, 0.25) is 0 Å². The number of hydrogen-bond acceptors (Lipinski definition) is 4. The van der Waals surface area contributed by atoms with E-state index in [2.05, 4.69) is 0 Å². The summed E-state index contributed by atoms with van der Waals surface area (Å²) in [6, 6.07) is 20.8. The molecule has 0 bridgehead atoms. The van der Waals surface area contributed by atoms with Crippen molar-refractivity contribution in [3.8, 4) is 28.4 Å². The van der Waals surface area contributed by atoms with Crippen molar-refractivity contribution in [1.82, 2.24) is 4.57 Å². The molecule has 3 aromatic carbocycles. The maximum Gasteiger partial charge on any atom is 0.190 e. The molecule has 0 unspecified atom stereocenters. The summed E-state index contributed by atoms with van der Waals surface area (Å²) in [5.41, 5.74) is 4.30. The zero-order chi connectivity index (χ0) is 22.1. The van der Waals surface area contributed by atoms with Crippen LogP contribution in [-0.4, -0.2) is 32.9 Å². The second kappa shape index (κ2) is 8.36. The van der Waals surface area contributed by atoms with E-state index >= 15 is 0 Å². The first kappa shape index (κ1) is 20.8. The number of rotatable bonds is 5. The minimum absolute atomic E-state index is 0.0825. The molecular weight excluding hydrogens is 412 g/mol. The van der Waals surface area contributed by atoms with Crippen molar-refractivity contribution < 1.29 is 9.47 Å². The van der Waals surface area contributed by atoms with E-state index in [0.717, 1.165) is 28.1 Å². The number of pyridine rings is 1. The van der Waals surface area contributed by atoms with Crippen LogP contribution in [0.5, 0.6) is 11.5 Å². The molecule has 0 fully saturated rings. The largest absolute Gasteiger partial charge is 0.493 e. The highest BCUT2D eigenvalue weighted by Gasteiger charge is 2.15. The second-order valence-electron chi connectivity index (χ2n) is 7.37. The first-order chi connectivity index (χ1) is 14.9. The smallest absolute Gasteiger partial charge is 0.190 e. The molecule has 0 atom stereocenters. The highest BCUT2D eigenvalue weighted by molar-refractivity contribution is 6.31. The molecule has 0 aliphatic carbocycles. The van der Waals surface area contributed by atoms with Crippen LogP contribution >= 0.6 is 11.6 Å². The quantitative estimate of drug-likeness (QED) is 0.422. The predicted octanol–water partition coefficient (Wildman–Crippen LogP) is 5.39. The Kier molecular flexibility index (Phi) is 5.61. The first-order valence-corrected chi connectivity index (χ1v) is 10.2. The third-order valence-electron chi connectivity index (χ3n) is 5.28. The number of methoxy groups -OCH3 is 2. The maximum atomic E-state index is 13.0. The summed E-state index contributed by atoms with van der Waals surface area (Å²) in [4.78, 5) is 15.0. The molecule has 6 heteroatoms. The fraction of sp³-hybridized carbons (Fsp3) is 0.160. The van der Waals surface area contributed by atoms with E-state index in [-0.39, 0.29) is 5.43 Å². The van der Waals surface area contributed by atoms with Gasteiger partial charge in [-0.05, 0) is 48.0 Å². The van der Waals surface area contributed by atoms with Gasteiger partial charge in [0.15, 0.2) is 16.9 Å². The molecule has 1 aromatic heterocycles. The Bertz CT molecular complexity index is 1310. The third-order valence-corrected chi connectivity index (χ3v) is 5.51. The third kappa shape index (κ3) is 3.84. The van der Waals surface area contributed by atoms with Crippen LogP contribution in [0, 0.1) is 0 Å². The van der Waals surface area contributed by atoms with Gasteiger partial charge in [-0.3, -0.25) is 4.79 Å². The van der Waals surface area contributed by atoms with Gasteiger partial charge >= 0.3 is 0 Å². The Labute approximate surface area is 186 Å². The SMILES string of the molecule is COc1ccc(-n2c(-c3ccc(N(C)C)cc3)cc(=O)c3cc(Cl)ccc32)cc1OC. The van der Waals surface area contributed by atoms with E-state index in [9.17, 15) is 4.79 Å². The number of anilines is 1. The van der Waals surface area contributed by atoms with Gasteiger partial charge in [0.25, 0.3) is 0 Å². The summed E-state index contributed by atoms with van der Waals surface area (Å²) in [7, 11) is 7.19. The summed E-state index contributed by atoms with van der Waals surface area (Å²) in [5.74, 6) is 1.24. The maximum absolute atomic E-state index is 13.0. The molecule has 0 saturated heterocycles. The molecule has 4 aromatic rings. The fourth-order valence-corrected chi connectivity index (χ4v) is 3.85. The number of ether oxygens (including phenoxy) is 2. The number of aromatic nitrogens is 1. The Morgan fingerprint density at radius 2 is 1.55 bits per heavy atom. The number of fused-ring (bicyclic) bond motifs is 1.